The van der Waals surface area contributed by atoms with Gasteiger partial charge in [-0.05, 0) is 61.9 Å². The Labute approximate surface area is 261 Å². The van der Waals surface area contributed by atoms with Crippen molar-refractivity contribution in [2.24, 2.45) is 17.8 Å². The topological polar surface area (TPSA) is 100 Å². The van der Waals surface area contributed by atoms with Crippen LogP contribution in [-0.2, 0) is 33.0 Å². The van der Waals surface area contributed by atoms with Crippen molar-refractivity contribution in [3.8, 4) is 0 Å². The molecule has 1 aliphatic rings. The van der Waals surface area contributed by atoms with E-state index in [4.69, 9.17) is 18.6 Å². The molecular weight excluding hydrogens is 562 g/mol. The number of imide groups is 1. The van der Waals surface area contributed by atoms with Crippen LogP contribution in [0, 0.1) is 17.8 Å². The second-order valence-corrected chi connectivity index (χ2v) is 16.4. The van der Waals surface area contributed by atoms with E-state index in [2.05, 4.69) is 52.6 Å². The number of rotatable bonds is 22. The molecule has 2 amide bonds. The predicted molar refractivity (Wildman–Crippen MR) is 175 cm³/mol. The number of amides is 2. The molecule has 0 aromatic carbocycles. The lowest BCUT2D eigenvalue weighted by atomic mass is 9.85. The molecule has 0 aromatic rings. The van der Waals surface area contributed by atoms with Crippen molar-refractivity contribution in [3.63, 3.8) is 0 Å². The zero-order valence-corrected chi connectivity index (χ0v) is 28.9. The number of ether oxygens (including phenoxy) is 3. The highest BCUT2D eigenvalue weighted by molar-refractivity contribution is 6.73. The molecule has 1 N–H and O–H groups in total. The second-order valence-electron chi connectivity index (χ2n) is 11.7. The zero-order chi connectivity index (χ0) is 32.4. The van der Waals surface area contributed by atoms with Crippen LogP contribution in [0.5, 0.6) is 0 Å². The van der Waals surface area contributed by atoms with Gasteiger partial charge in [0.15, 0.2) is 14.1 Å². The standard InChI is InChI=1S/C34H57NO7Si/c1-10-14-15-16-20-30(40-9)34(41-24-39-8)27(7)33(42-43(11-2,12-3)13-4)26(6)21-25(5)29(36)19-17-18-28-22-31(37)35-32(38)23-28/h10,16-17,19-21,26-28,30,33-34H,1,11-15,18,22-24H2,2-9H3,(H,35,37,38)/b19-17+,20-16?,25-21+/t26?,27-,30+,33+,34+/m1/s1. The number of nitrogens with one attached hydrogen (secondary N) is 1. The van der Waals surface area contributed by atoms with Gasteiger partial charge in [0.05, 0.1) is 12.2 Å². The maximum Gasteiger partial charge on any atom is 0.226 e. The van der Waals surface area contributed by atoms with E-state index < -0.39 is 8.32 Å². The summed E-state index contributed by atoms with van der Waals surface area (Å²) in [5, 5.41) is 2.32. The van der Waals surface area contributed by atoms with E-state index >= 15 is 0 Å². The van der Waals surface area contributed by atoms with Crippen molar-refractivity contribution < 1.29 is 33.0 Å². The lowest BCUT2D eigenvalue weighted by Gasteiger charge is -2.42. The summed E-state index contributed by atoms with van der Waals surface area (Å²) in [5.74, 6) is -0.854. The first-order valence-corrected chi connectivity index (χ1v) is 18.3. The van der Waals surface area contributed by atoms with Crippen molar-refractivity contribution in [3.05, 3.63) is 48.6 Å². The smallest absolute Gasteiger partial charge is 0.226 e. The van der Waals surface area contributed by atoms with Crippen LogP contribution >= 0.6 is 0 Å². The molecule has 1 fully saturated rings. The van der Waals surface area contributed by atoms with Crippen LogP contribution in [0.4, 0.5) is 0 Å². The number of allylic oxidation sites excluding steroid dienone is 5. The molecule has 0 spiro atoms. The summed E-state index contributed by atoms with van der Waals surface area (Å²) < 4.78 is 24.6. The Bertz CT molecular complexity index is 948. The van der Waals surface area contributed by atoms with Gasteiger partial charge in [0, 0.05) is 38.9 Å². The number of hydrogen-bond acceptors (Lipinski definition) is 7. The first-order valence-electron chi connectivity index (χ1n) is 15.8. The molecule has 0 bridgehead atoms. The highest BCUT2D eigenvalue weighted by Gasteiger charge is 2.40. The van der Waals surface area contributed by atoms with E-state index in [9.17, 15) is 14.4 Å². The van der Waals surface area contributed by atoms with Gasteiger partial charge in [-0.15, -0.1) is 6.58 Å². The number of carbonyl (C=O) groups excluding carboxylic acids is 3. The molecule has 1 rings (SSSR count). The molecule has 43 heavy (non-hydrogen) atoms. The molecule has 1 aliphatic heterocycles. The minimum absolute atomic E-state index is 0.0778. The van der Waals surface area contributed by atoms with Crippen LogP contribution < -0.4 is 5.32 Å². The Balaban J connectivity index is 3.29. The van der Waals surface area contributed by atoms with Crippen LogP contribution in [0.3, 0.4) is 0 Å². The van der Waals surface area contributed by atoms with Crippen molar-refractivity contribution in [1.29, 1.82) is 0 Å². The number of unbranched alkanes of at least 4 members (excludes halogenated alkanes) is 1. The highest BCUT2D eigenvalue weighted by Crippen LogP contribution is 2.33. The minimum Gasteiger partial charge on any atom is -0.413 e. The highest BCUT2D eigenvalue weighted by atomic mass is 28.4. The van der Waals surface area contributed by atoms with Crippen LogP contribution in [0.2, 0.25) is 18.1 Å². The van der Waals surface area contributed by atoms with Gasteiger partial charge in [-0.25, -0.2) is 0 Å². The third-order valence-corrected chi connectivity index (χ3v) is 13.2. The van der Waals surface area contributed by atoms with Gasteiger partial charge in [-0.1, -0.05) is 65.0 Å². The fourth-order valence-electron chi connectivity index (χ4n) is 5.72. The Morgan fingerprint density at radius 2 is 1.65 bits per heavy atom. The molecule has 1 saturated heterocycles. The average Bonchev–Trinajstić information content (AvgIpc) is 2.98. The van der Waals surface area contributed by atoms with E-state index in [1.54, 1.807) is 26.4 Å². The van der Waals surface area contributed by atoms with Crippen LogP contribution in [-0.4, -0.2) is 65.2 Å². The molecule has 1 heterocycles. The molecule has 244 valence electrons. The lowest BCUT2D eigenvalue weighted by molar-refractivity contribution is -0.143. The van der Waals surface area contributed by atoms with Gasteiger partial charge in [0.2, 0.25) is 11.8 Å². The summed E-state index contributed by atoms with van der Waals surface area (Å²) in [6, 6.07) is 3.00. The molecule has 1 unspecified atom stereocenters. The van der Waals surface area contributed by atoms with Gasteiger partial charge < -0.3 is 18.6 Å². The fraction of sp³-hybridized carbons (Fsp3) is 0.676. The number of piperidine rings is 1. The Morgan fingerprint density at radius 1 is 1.02 bits per heavy atom. The molecule has 0 radical (unpaired) electrons. The summed E-state index contributed by atoms with van der Waals surface area (Å²) >= 11 is 0. The largest absolute Gasteiger partial charge is 0.413 e. The van der Waals surface area contributed by atoms with Gasteiger partial charge in [0.25, 0.3) is 0 Å². The molecule has 8 nitrogen and oxygen atoms in total. The lowest BCUT2D eigenvalue weighted by Crippen LogP contribution is -2.49. The summed E-state index contributed by atoms with van der Waals surface area (Å²) in [6.07, 6.45) is 13.3. The summed E-state index contributed by atoms with van der Waals surface area (Å²) in [6.45, 7) is 16.6. The monoisotopic (exact) mass is 619 g/mol. The number of ketones is 1. The van der Waals surface area contributed by atoms with Gasteiger partial charge >= 0.3 is 0 Å². The number of carbonyl (C=O) groups is 3. The van der Waals surface area contributed by atoms with E-state index in [0.717, 1.165) is 31.0 Å². The molecule has 9 heteroatoms. The van der Waals surface area contributed by atoms with Gasteiger partial charge in [-0.2, -0.15) is 0 Å². The molecular formula is C34H57NO7Si. The summed E-state index contributed by atoms with van der Waals surface area (Å²) in [5.41, 5.74) is 0.626. The average molecular weight is 620 g/mol. The van der Waals surface area contributed by atoms with Crippen molar-refractivity contribution >= 4 is 25.9 Å². The van der Waals surface area contributed by atoms with Crippen LogP contribution in [0.1, 0.15) is 73.6 Å². The third-order valence-electron chi connectivity index (χ3n) is 8.58. The van der Waals surface area contributed by atoms with Gasteiger partial charge in [0.1, 0.15) is 12.9 Å². The van der Waals surface area contributed by atoms with Crippen LogP contribution in [0.15, 0.2) is 48.6 Å². The summed E-state index contributed by atoms with van der Waals surface area (Å²) in [4.78, 5) is 36.4. The summed E-state index contributed by atoms with van der Waals surface area (Å²) in [7, 11) is 1.25. The number of hydrogen-bond donors (Lipinski definition) is 1. The normalized spacial score (nSPS) is 18.9. The van der Waals surface area contributed by atoms with Crippen LogP contribution in [0.25, 0.3) is 0 Å². The van der Waals surface area contributed by atoms with Gasteiger partial charge in [-0.3, -0.25) is 19.7 Å². The zero-order valence-electron chi connectivity index (χ0n) is 27.9. The first kappa shape index (κ1) is 38.9. The molecule has 0 aromatic heterocycles. The Kier molecular flexibility index (Phi) is 18.7. The Morgan fingerprint density at radius 3 is 2.19 bits per heavy atom. The van der Waals surface area contributed by atoms with Crippen molar-refractivity contribution in [1.82, 2.24) is 5.32 Å². The SMILES string of the molecule is C=CCCC=C[C@H](OC)[C@@H](OCOC)[C@H](C)[C@@H](O[Si](CC)(CC)CC)C(C)/C=C(\C)C(=O)/C=C/CC1CC(=O)NC(=O)C1. The van der Waals surface area contributed by atoms with E-state index in [-0.39, 0.29) is 60.5 Å². The predicted octanol–water partition coefficient (Wildman–Crippen LogP) is 6.69. The maximum atomic E-state index is 13.1. The quantitative estimate of drug-likeness (QED) is 0.0360. The molecule has 0 aliphatic carbocycles. The van der Waals surface area contributed by atoms with E-state index in [0.29, 0.717) is 24.8 Å². The van der Waals surface area contributed by atoms with Crippen molar-refractivity contribution in [2.45, 2.75) is 110 Å². The minimum atomic E-state index is -2.04. The second kappa shape index (κ2) is 20.7. The third kappa shape index (κ3) is 13.2. The van der Waals surface area contributed by atoms with E-state index in [1.807, 2.05) is 25.2 Å². The molecule has 0 saturated carbocycles. The maximum absolute atomic E-state index is 13.1. The van der Waals surface area contributed by atoms with E-state index in [1.165, 1.54) is 0 Å². The fourth-order valence-corrected chi connectivity index (χ4v) is 8.73. The molecule has 5 atom stereocenters. The first-order chi connectivity index (χ1) is 20.5. The number of methoxy groups -OCH3 is 2. The Hall–Kier alpha value is -2.17. The van der Waals surface area contributed by atoms with Crippen molar-refractivity contribution in [2.75, 3.05) is 21.0 Å².